The molecule has 17 heavy (non-hydrogen) atoms. The standard InChI is InChI=1S/C12H16N2O3/c1-13-5-6-14(2)12(13)8-3-4-9-11(10(8)15)17-7-16-9/h3-4,12,15H,5-7H2,1-2H3. The molecule has 92 valence electrons. The molecule has 2 heterocycles. The van der Waals surface area contributed by atoms with Crippen molar-refractivity contribution < 1.29 is 14.6 Å². The number of rotatable bonds is 1. The van der Waals surface area contributed by atoms with Crippen LogP contribution in [0.2, 0.25) is 0 Å². The van der Waals surface area contributed by atoms with Gasteiger partial charge in [-0.25, -0.2) is 0 Å². The van der Waals surface area contributed by atoms with Crippen LogP contribution < -0.4 is 9.47 Å². The second kappa shape index (κ2) is 3.78. The molecular formula is C12H16N2O3. The minimum absolute atomic E-state index is 0.101. The molecule has 1 aromatic carbocycles. The highest BCUT2D eigenvalue weighted by Crippen LogP contribution is 2.46. The molecule has 0 saturated carbocycles. The molecule has 0 aromatic heterocycles. The van der Waals surface area contributed by atoms with Crippen LogP contribution in [0.4, 0.5) is 0 Å². The first-order valence-corrected chi connectivity index (χ1v) is 5.70. The molecule has 1 aromatic rings. The van der Waals surface area contributed by atoms with Gasteiger partial charge in [-0.3, -0.25) is 9.80 Å². The van der Waals surface area contributed by atoms with E-state index in [2.05, 4.69) is 23.9 Å². The maximum Gasteiger partial charge on any atom is 0.231 e. The highest BCUT2D eigenvalue weighted by molar-refractivity contribution is 5.56. The van der Waals surface area contributed by atoms with E-state index < -0.39 is 0 Å². The fourth-order valence-corrected chi connectivity index (χ4v) is 2.55. The summed E-state index contributed by atoms with van der Waals surface area (Å²) in [4.78, 5) is 4.41. The van der Waals surface area contributed by atoms with Crippen LogP contribution in [0.25, 0.3) is 0 Å². The van der Waals surface area contributed by atoms with Gasteiger partial charge in [0.2, 0.25) is 12.5 Å². The monoisotopic (exact) mass is 236 g/mol. The molecule has 5 nitrogen and oxygen atoms in total. The zero-order valence-electron chi connectivity index (χ0n) is 10.0. The van der Waals surface area contributed by atoms with Crippen LogP contribution in [0.3, 0.4) is 0 Å². The Morgan fingerprint density at radius 1 is 1.18 bits per heavy atom. The van der Waals surface area contributed by atoms with Crippen LogP contribution in [0.1, 0.15) is 11.7 Å². The summed E-state index contributed by atoms with van der Waals surface area (Å²) in [5.74, 6) is 1.29. The summed E-state index contributed by atoms with van der Waals surface area (Å²) >= 11 is 0. The topological polar surface area (TPSA) is 45.2 Å². The van der Waals surface area contributed by atoms with E-state index in [0.29, 0.717) is 11.5 Å². The fourth-order valence-electron chi connectivity index (χ4n) is 2.55. The first-order chi connectivity index (χ1) is 8.18. The zero-order chi connectivity index (χ0) is 12.0. The van der Waals surface area contributed by atoms with Crippen molar-refractivity contribution in [3.63, 3.8) is 0 Å². The SMILES string of the molecule is CN1CCN(C)C1c1ccc2c(c1O)OCO2. The van der Waals surface area contributed by atoms with Crippen molar-refractivity contribution in [3.05, 3.63) is 17.7 Å². The number of likely N-dealkylation sites (N-methyl/N-ethyl adjacent to an activating group) is 2. The Hall–Kier alpha value is -1.46. The van der Waals surface area contributed by atoms with E-state index in [1.807, 2.05) is 12.1 Å². The average Bonchev–Trinajstić information content (AvgIpc) is 2.89. The molecule has 0 spiro atoms. The molecule has 2 aliphatic heterocycles. The number of hydrogen-bond donors (Lipinski definition) is 1. The van der Waals surface area contributed by atoms with E-state index >= 15 is 0 Å². The second-order valence-electron chi connectivity index (χ2n) is 4.57. The van der Waals surface area contributed by atoms with Gasteiger partial charge in [-0.15, -0.1) is 0 Å². The number of hydrogen-bond acceptors (Lipinski definition) is 5. The van der Waals surface area contributed by atoms with Gasteiger partial charge in [-0.2, -0.15) is 0 Å². The van der Waals surface area contributed by atoms with E-state index in [1.54, 1.807) is 0 Å². The molecule has 0 bridgehead atoms. The normalized spacial score (nSPS) is 21.3. The molecule has 1 saturated heterocycles. The number of benzene rings is 1. The molecule has 1 fully saturated rings. The van der Waals surface area contributed by atoms with Gasteiger partial charge < -0.3 is 14.6 Å². The minimum atomic E-state index is 0.101. The maximum atomic E-state index is 10.2. The number of nitrogens with zero attached hydrogens (tertiary/aromatic N) is 2. The van der Waals surface area contributed by atoms with E-state index in [1.165, 1.54) is 0 Å². The zero-order valence-corrected chi connectivity index (χ0v) is 10.0. The maximum absolute atomic E-state index is 10.2. The summed E-state index contributed by atoms with van der Waals surface area (Å²) < 4.78 is 10.5. The summed E-state index contributed by atoms with van der Waals surface area (Å²) in [5.41, 5.74) is 0.872. The summed E-state index contributed by atoms with van der Waals surface area (Å²) in [6.07, 6.45) is 0.101. The molecular weight excluding hydrogens is 220 g/mol. The van der Waals surface area contributed by atoms with Crippen LogP contribution in [0.15, 0.2) is 12.1 Å². The Kier molecular flexibility index (Phi) is 2.38. The van der Waals surface area contributed by atoms with Gasteiger partial charge in [0.25, 0.3) is 0 Å². The van der Waals surface area contributed by atoms with E-state index in [9.17, 15) is 5.11 Å². The van der Waals surface area contributed by atoms with Gasteiger partial charge in [-0.1, -0.05) is 0 Å². The van der Waals surface area contributed by atoms with Gasteiger partial charge in [0.1, 0.15) is 0 Å². The Morgan fingerprint density at radius 3 is 2.59 bits per heavy atom. The Balaban J connectivity index is 2.04. The number of aromatic hydroxyl groups is 1. The van der Waals surface area contributed by atoms with E-state index in [-0.39, 0.29) is 18.7 Å². The molecule has 0 amide bonds. The summed E-state index contributed by atoms with van der Waals surface area (Å²) in [6, 6.07) is 3.77. The first-order valence-electron chi connectivity index (χ1n) is 5.70. The van der Waals surface area contributed by atoms with Crippen molar-refractivity contribution in [3.8, 4) is 17.2 Å². The van der Waals surface area contributed by atoms with Crippen LogP contribution in [-0.2, 0) is 0 Å². The molecule has 0 unspecified atom stereocenters. The second-order valence-corrected chi connectivity index (χ2v) is 4.57. The quantitative estimate of drug-likeness (QED) is 0.788. The van der Waals surface area contributed by atoms with Gasteiger partial charge in [0.05, 0.1) is 6.17 Å². The third kappa shape index (κ3) is 1.54. The third-order valence-corrected chi connectivity index (χ3v) is 3.46. The van der Waals surface area contributed by atoms with Crippen LogP contribution in [0.5, 0.6) is 17.2 Å². The van der Waals surface area contributed by atoms with Crippen molar-refractivity contribution in [2.75, 3.05) is 34.0 Å². The fraction of sp³-hybridized carbons (Fsp3) is 0.500. The molecule has 1 N–H and O–H groups in total. The number of fused-ring (bicyclic) bond motifs is 1. The molecule has 0 atom stereocenters. The van der Waals surface area contributed by atoms with Crippen molar-refractivity contribution in [2.24, 2.45) is 0 Å². The highest BCUT2D eigenvalue weighted by Gasteiger charge is 2.32. The number of phenols is 1. The molecule has 5 heteroatoms. The molecule has 0 aliphatic carbocycles. The van der Waals surface area contributed by atoms with Crippen LogP contribution >= 0.6 is 0 Å². The van der Waals surface area contributed by atoms with Crippen LogP contribution in [-0.4, -0.2) is 48.9 Å². The highest BCUT2D eigenvalue weighted by atomic mass is 16.7. The van der Waals surface area contributed by atoms with Crippen LogP contribution in [0, 0.1) is 0 Å². The Morgan fingerprint density at radius 2 is 1.88 bits per heavy atom. The van der Waals surface area contributed by atoms with Gasteiger partial charge in [0.15, 0.2) is 11.5 Å². The average molecular weight is 236 g/mol. The lowest BCUT2D eigenvalue weighted by molar-refractivity contribution is 0.168. The van der Waals surface area contributed by atoms with Gasteiger partial charge >= 0.3 is 0 Å². The lowest BCUT2D eigenvalue weighted by Crippen LogP contribution is -2.25. The summed E-state index contributed by atoms with van der Waals surface area (Å²) in [7, 11) is 4.11. The third-order valence-electron chi connectivity index (χ3n) is 3.46. The largest absolute Gasteiger partial charge is 0.504 e. The molecule has 2 aliphatic rings. The van der Waals surface area contributed by atoms with Crippen molar-refractivity contribution >= 4 is 0 Å². The predicted molar refractivity (Wildman–Crippen MR) is 62.2 cm³/mol. The van der Waals surface area contributed by atoms with Crippen molar-refractivity contribution in [1.29, 1.82) is 0 Å². The lowest BCUT2D eigenvalue weighted by atomic mass is 10.1. The smallest absolute Gasteiger partial charge is 0.231 e. The van der Waals surface area contributed by atoms with E-state index in [0.717, 1.165) is 18.7 Å². The summed E-state index contributed by atoms with van der Waals surface area (Å²) in [5, 5.41) is 10.2. The van der Waals surface area contributed by atoms with Gasteiger partial charge in [-0.05, 0) is 26.2 Å². The van der Waals surface area contributed by atoms with Crippen molar-refractivity contribution in [1.82, 2.24) is 9.80 Å². The minimum Gasteiger partial charge on any atom is -0.504 e. The number of ether oxygens (including phenoxy) is 2. The number of phenolic OH excluding ortho intramolecular Hbond substituents is 1. The van der Waals surface area contributed by atoms with E-state index in [4.69, 9.17) is 9.47 Å². The Labute approximate surface area is 100 Å². The summed E-state index contributed by atoms with van der Waals surface area (Å²) in [6.45, 7) is 2.17. The van der Waals surface area contributed by atoms with Gasteiger partial charge in [0, 0.05) is 18.7 Å². The molecule has 0 radical (unpaired) electrons. The first kappa shape index (κ1) is 10.7. The van der Waals surface area contributed by atoms with Crippen molar-refractivity contribution in [2.45, 2.75) is 6.17 Å². The Bertz CT molecular complexity index is 440. The lowest BCUT2D eigenvalue weighted by Gasteiger charge is -2.26. The molecule has 3 rings (SSSR count). The predicted octanol–water partition coefficient (Wildman–Crippen LogP) is 0.997.